The van der Waals surface area contributed by atoms with E-state index in [4.69, 9.17) is 4.74 Å². The van der Waals surface area contributed by atoms with Gasteiger partial charge in [-0.1, -0.05) is 13.8 Å². The third kappa shape index (κ3) is 2.27. The first-order valence-corrected chi connectivity index (χ1v) is 5.32. The van der Waals surface area contributed by atoms with Crippen LogP contribution in [0.4, 0.5) is 0 Å². The van der Waals surface area contributed by atoms with Gasteiger partial charge in [0, 0.05) is 6.42 Å². The van der Waals surface area contributed by atoms with E-state index >= 15 is 0 Å². The van der Waals surface area contributed by atoms with Gasteiger partial charge in [0.05, 0.1) is 12.7 Å². The minimum atomic E-state index is -0.199. The van der Waals surface area contributed by atoms with Gasteiger partial charge >= 0.3 is 5.97 Å². The fourth-order valence-corrected chi connectivity index (χ4v) is 2.00. The van der Waals surface area contributed by atoms with Gasteiger partial charge in [-0.15, -0.1) is 0 Å². The molecule has 3 heteroatoms. The molecule has 1 N–H and O–H groups in total. The largest absolute Gasteiger partial charge is 0.466 e. The molecule has 2 atom stereocenters. The first-order chi connectivity index (χ1) is 6.48. The van der Waals surface area contributed by atoms with Crippen molar-refractivity contribution in [1.29, 1.82) is 0 Å². The Morgan fingerprint density at radius 3 is 2.64 bits per heavy atom. The van der Waals surface area contributed by atoms with Gasteiger partial charge in [0.2, 0.25) is 0 Å². The predicted molar refractivity (Wildman–Crippen MR) is 53.8 cm³/mol. The quantitative estimate of drug-likeness (QED) is 0.703. The van der Waals surface area contributed by atoms with E-state index in [1.165, 1.54) is 0 Å². The maximum atomic E-state index is 11.1. The fourth-order valence-electron chi connectivity index (χ4n) is 2.00. The summed E-state index contributed by atoms with van der Waals surface area (Å²) in [6, 6.07) is 0. The Balaban J connectivity index is 2.24. The van der Waals surface area contributed by atoms with E-state index in [-0.39, 0.29) is 17.5 Å². The van der Waals surface area contributed by atoms with Gasteiger partial charge in [-0.3, -0.25) is 4.79 Å². The van der Waals surface area contributed by atoms with Crippen LogP contribution >= 0.6 is 0 Å². The SMILES string of the molecule is CCOC(=O)CC[C@H]1C[C@@H](O)C1(C)C. The molecule has 0 radical (unpaired) electrons. The average molecular weight is 200 g/mol. The number of aliphatic hydroxyl groups is 1. The van der Waals surface area contributed by atoms with E-state index in [1.807, 2.05) is 6.92 Å². The Morgan fingerprint density at radius 2 is 2.21 bits per heavy atom. The number of ether oxygens (including phenoxy) is 1. The Labute approximate surface area is 85.5 Å². The van der Waals surface area contributed by atoms with Gasteiger partial charge < -0.3 is 9.84 Å². The number of esters is 1. The lowest BCUT2D eigenvalue weighted by Crippen LogP contribution is -2.49. The van der Waals surface area contributed by atoms with Gasteiger partial charge in [-0.25, -0.2) is 0 Å². The molecule has 0 unspecified atom stereocenters. The van der Waals surface area contributed by atoms with Crippen LogP contribution in [0.25, 0.3) is 0 Å². The monoisotopic (exact) mass is 200 g/mol. The fraction of sp³-hybridized carbons (Fsp3) is 0.909. The summed E-state index contributed by atoms with van der Waals surface area (Å²) in [5, 5.41) is 9.50. The van der Waals surface area contributed by atoms with Crippen molar-refractivity contribution in [1.82, 2.24) is 0 Å². The Morgan fingerprint density at radius 1 is 1.57 bits per heavy atom. The number of aliphatic hydroxyl groups excluding tert-OH is 1. The van der Waals surface area contributed by atoms with Crippen molar-refractivity contribution in [2.75, 3.05) is 6.61 Å². The summed E-state index contributed by atoms with van der Waals surface area (Å²) in [6.45, 7) is 6.37. The van der Waals surface area contributed by atoms with E-state index in [0.717, 1.165) is 12.8 Å². The van der Waals surface area contributed by atoms with Crippen molar-refractivity contribution < 1.29 is 14.6 Å². The zero-order valence-corrected chi connectivity index (χ0v) is 9.25. The molecule has 0 spiro atoms. The number of carbonyl (C=O) groups is 1. The standard InChI is InChI=1S/C11H20O3/c1-4-14-10(13)6-5-8-7-9(12)11(8,2)3/h8-9,12H,4-7H2,1-3H3/t8-,9+/m0/s1. The normalized spacial score (nSPS) is 29.4. The zero-order chi connectivity index (χ0) is 10.8. The summed E-state index contributed by atoms with van der Waals surface area (Å²) < 4.78 is 4.85. The van der Waals surface area contributed by atoms with Crippen LogP contribution in [-0.2, 0) is 9.53 Å². The molecule has 1 saturated carbocycles. The molecule has 0 aromatic rings. The lowest BCUT2D eigenvalue weighted by atomic mass is 9.59. The number of hydrogen-bond acceptors (Lipinski definition) is 3. The maximum Gasteiger partial charge on any atom is 0.305 e. The summed E-state index contributed by atoms with van der Waals surface area (Å²) >= 11 is 0. The number of carbonyl (C=O) groups excluding carboxylic acids is 1. The van der Waals surface area contributed by atoms with Crippen molar-refractivity contribution in [3.8, 4) is 0 Å². The molecule has 1 rings (SSSR count). The molecule has 0 amide bonds. The van der Waals surface area contributed by atoms with Crippen LogP contribution in [0.1, 0.15) is 40.0 Å². The van der Waals surface area contributed by atoms with Crippen LogP contribution in [-0.4, -0.2) is 23.8 Å². The first-order valence-electron chi connectivity index (χ1n) is 5.32. The van der Waals surface area contributed by atoms with E-state index in [1.54, 1.807) is 0 Å². The van der Waals surface area contributed by atoms with Crippen LogP contribution in [0.2, 0.25) is 0 Å². The summed E-state index contributed by atoms with van der Waals surface area (Å²) in [6.07, 6.45) is 1.94. The molecule has 3 nitrogen and oxygen atoms in total. The average Bonchev–Trinajstić information content (AvgIpc) is 2.12. The highest BCUT2D eigenvalue weighted by Gasteiger charge is 2.46. The highest BCUT2D eigenvalue weighted by atomic mass is 16.5. The van der Waals surface area contributed by atoms with Crippen molar-refractivity contribution in [3.63, 3.8) is 0 Å². The van der Waals surface area contributed by atoms with Crippen molar-refractivity contribution in [2.24, 2.45) is 11.3 Å². The second-order valence-electron chi connectivity index (χ2n) is 4.61. The summed E-state index contributed by atoms with van der Waals surface area (Å²) in [5.74, 6) is 0.339. The molecule has 82 valence electrons. The first kappa shape index (κ1) is 11.5. The summed E-state index contributed by atoms with van der Waals surface area (Å²) in [5.41, 5.74) is -0.0213. The van der Waals surface area contributed by atoms with Crippen molar-refractivity contribution >= 4 is 5.97 Å². The molecule has 0 aromatic heterocycles. The maximum absolute atomic E-state index is 11.1. The van der Waals surface area contributed by atoms with Crippen LogP contribution in [0.15, 0.2) is 0 Å². The highest BCUT2D eigenvalue weighted by Crippen LogP contribution is 2.48. The van der Waals surface area contributed by atoms with Gasteiger partial charge in [0.25, 0.3) is 0 Å². The van der Waals surface area contributed by atoms with E-state index in [0.29, 0.717) is 18.9 Å². The second kappa shape index (κ2) is 4.30. The molecule has 0 aliphatic heterocycles. The lowest BCUT2D eigenvalue weighted by Gasteiger charge is -2.49. The van der Waals surface area contributed by atoms with Gasteiger partial charge in [0.15, 0.2) is 0 Å². The molecule has 0 aromatic carbocycles. The minimum absolute atomic E-state index is 0.0213. The third-order valence-electron chi connectivity index (χ3n) is 3.42. The van der Waals surface area contributed by atoms with Gasteiger partial charge in [-0.05, 0) is 31.1 Å². The van der Waals surface area contributed by atoms with E-state index in [2.05, 4.69) is 13.8 Å². The predicted octanol–water partition coefficient (Wildman–Crippen LogP) is 1.74. The molecule has 0 bridgehead atoms. The van der Waals surface area contributed by atoms with Crippen LogP contribution in [0, 0.1) is 11.3 Å². The van der Waals surface area contributed by atoms with Crippen LogP contribution in [0.5, 0.6) is 0 Å². The smallest absolute Gasteiger partial charge is 0.305 e. The number of hydrogen-bond donors (Lipinski definition) is 1. The highest BCUT2D eigenvalue weighted by molar-refractivity contribution is 5.69. The molecule has 0 saturated heterocycles. The summed E-state index contributed by atoms with van der Waals surface area (Å²) in [4.78, 5) is 11.1. The molecule has 1 fully saturated rings. The van der Waals surface area contributed by atoms with Crippen LogP contribution in [0.3, 0.4) is 0 Å². The zero-order valence-electron chi connectivity index (χ0n) is 9.25. The Hall–Kier alpha value is -0.570. The van der Waals surface area contributed by atoms with Crippen molar-refractivity contribution in [3.05, 3.63) is 0 Å². The van der Waals surface area contributed by atoms with Gasteiger partial charge in [-0.2, -0.15) is 0 Å². The summed E-state index contributed by atoms with van der Waals surface area (Å²) in [7, 11) is 0. The second-order valence-corrected chi connectivity index (χ2v) is 4.61. The Bertz CT molecular complexity index is 211. The molecular weight excluding hydrogens is 180 g/mol. The number of rotatable bonds is 4. The van der Waals surface area contributed by atoms with E-state index < -0.39 is 0 Å². The molecule has 1 aliphatic carbocycles. The molecule has 1 aliphatic rings. The van der Waals surface area contributed by atoms with Crippen molar-refractivity contribution in [2.45, 2.75) is 46.1 Å². The third-order valence-corrected chi connectivity index (χ3v) is 3.42. The van der Waals surface area contributed by atoms with E-state index in [9.17, 15) is 9.90 Å². The lowest BCUT2D eigenvalue weighted by molar-refractivity contribution is -0.146. The Kier molecular flexibility index (Phi) is 3.53. The molecule has 0 heterocycles. The molecule has 14 heavy (non-hydrogen) atoms. The van der Waals surface area contributed by atoms with Gasteiger partial charge in [0.1, 0.15) is 0 Å². The molecular formula is C11H20O3. The topological polar surface area (TPSA) is 46.5 Å². The van der Waals surface area contributed by atoms with Crippen LogP contribution < -0.4 is 0 Å². The minimum Gasteiger partial charge on any atom is -0.466 e.